The number of para-hydroxylation sites is 1. The number of hydrogen-bond acceptors (Lipinski definition) is 4. The van der Waals surface area contributed by atoms with Gasteiger partial charge in [-0.2, -0.15) is 0 Å². The first-order valence-electron chi connectivity index (χ1n) is 6.47. The minimum atomic E-state index is -3.65. The van der Waals surface area contributed by atoms with Crippen molar-refractivity contribution in [2.75, 3.05) is 6.54 Å². The smallest absolute Gasteiger partial charge is 0.238 e. The van der Waals surface area contributed by atoms with Crippen molar-refractivity contribution in [2.24, 2.45) is 10.1 Å². The molecule has 0 aliphatic rings. The molecule has 0 saturated carbocycles. The molecule has 0 bridgehead atoms. The van der Waals surface area contributed by atoms with Crippen LogP contribution in [0.2, 0.25) is 0 Å². The number of hydrogen-bond donors (Lipinski definition) is 2. The molecule has 0 amide bonds. The van der Waals surface area contributed by atoms with Gasteiger partial charge in [0, 0.05) is 18.3 Å². The number of aliphatic imine (C=N–C) groups is 1. The van der Waals surface area contributed by atoms with Crippen LogP contribution in [0.1, 0.15) is 11.1 Å². The van der Waals surface area contributed by atoms with Gasteiger partial charge in [0.25, 0.3) is 0 Å². The zero-order valence-corrected chi connectivity index (χ0v) is 14.0. The number of rotatable bonds is 5. The highest BCUT2D eigenvalue weighted by atomic mass is 79.9. The number of primary sulfonamides is 1. The Morgan fingerprint density at radius 2 is 1.86 bits per heavy atom. The molecule has 22 heavy (non-hydrogen) atoms. The Morgan fingerprint density at radius 1 is 1.18 bits per heavy atom. The molecule has 0 atom stereocenters. The van der Waals surface area contributed by atoms with Crippen LogP contribution in [0, 0.1) is 0 Å². The van der Waals surface area contributed by atoms with E-state index in [9.17, 15) is 13.5 Å². The summed E-state index contributed by atoms with van der Waals surface area (Å²) >= 11 is 3.24. The summed E-state index contributed by atoms with van der Waals surface area (Å²) in [5, 5.41) is 14.9. The summed E-state index contributed by atoms with van der Waals surface area (Å²) in [6, 6.07) is 11.7. The zero-order valence-electron chi connectivity index (χ0n) is 11.6. The van der Waals surface area contributed by atoms with Crippen molar-refractivity contribution in [1.29, 1.82) is 0 Å². The Balaban J connectivity index is 1.96. The van der Waals surface area contributed by atoms with Gasteiger partial charge in [-0.25, -0.2) is 13.6 Å². The topological polar surface area (TPSA) is 92.8 Å². The fraction of sp³-hybridized carbons (Fsp3) is 0.133. The minimum Gasteiger partial charge on any atom is -0.506 e. The Bertz CT molecular complexity index is 787. The Morgan fingerprint density at radius 3 is 2.50 bits per heavy atom. The van der Waals surface area contributed by atoms with Gasteiger partial charge in [0.05, 0.1) is 9.37 Å². The lowest BCUT2D eigenvalue weighted by atomic mass is 10.1. The summed E-state index contributed by atoms with van der Waals surface area (Å²) in [6.07, 6.45) is 2.27. The van der Waals surface area contributed by atoms with E-state index in [2.05, 4.69) is 20.9 Å². The summed E-state index contributed by atoms with van der Waals surface area (Å²) in [4.78, 5) is 4.36. The van der Waals surface area contributed by atoms with Gasteiger partial charge in [-0.1, -0.05) is 18.2 Å². The van der Waals surface area contributed by atoms with Gasteiger partial charge in [0.2, 0.25) is 10.0 Å². The molecule has 2 aromatic rings. The Labute approximate surface area is 137 Å². The molecule has 5 nitrogen and oxygen atoms in total. The van der Waals surface area contributed by atoms with Gasteiger partial charge in [0.15, 0.2) is 0 Å². The van der Waals surface area contributed by atoms with Gasteiger partial charge < -0.3 is 5.11 Å². The maximum atomic E-state index is 11.1. The summed E-state index contributed by atoms with van der Waals surface area (Å²) in [5.74, 6) is 0.156. The molecule has 0 radical (unpaired) electrons. The van der Waals surface area contributed by atoms with Crippen LogP contribution in [0.15, 0.2) is 56.8 Å². The highest BCUT2D eigenvalue weighted by Gasteiger charge is 2.06. The van der Waals surface area contributed by atoms with Gasteiger partial charge in [0.1, 0.15) is 5.75 Å². The Kier molecular flexibility index (Phi) is 5.33. The van der Waals surface area contributed by atoms with Crippen molar-refractivity contribution >= 4 is 32.2 Å². The van der Waals surface area contributed by atoms with Crippen molar-refractivity contribution in [3.8, 4) is 5.75 Å². The number of nitrogens with zero attached hydrogens (tertiary/aromatic N) is 1. The molecule has 0 saturated heterocycles. The average molecular weight is 383 g/mol. The number of phenols is 1. The maximum Gasteiger partial charge on any atom is 0.238 e. The molecular weight excluding hydrogens is 368 g/mol. The van der Waals surface area contributed by atoms with Crippen molar-refractivity contribution in [3.63, 3.8) is 0 Å². The fourth-order valence-electron chi connectivity index (χ4n) is 1.84. The van der Waals surface area contributed by atoms with E-state index >= 15 is 0 Å². The van der Waals surface area contributed by atoms with E-state index in [1.54, 1.807) is 30.5 Å². The second-order valence-electron chi connectivity index (χ2n) is 4.65. The van der Waals surface area contributed by atoms with Crippen LogP contribution in [-0.2, 0) is 16.4 Å². The monoisotopic (exact) mass is 382 g/mol. The molecule has 0 spiro atoms. The molecule has 0 unspecified atom stereocenters. The minimum absolute atomic E-state index is 0.0961. The summed E-state index contributed by atoms with van der Waals surface area (Å²) in [6.45, 7) is 0.528. The number of aromatic hydroxyl groups is 1. The van der Waals surface area contributed by atoms with Crippen molar-refractivity contribution in [1.82, 2.24) is 0 Å². The number of nitrogens with two attached hydrogens (primary N) is 1. The van der Waals surface area contributed by atoms with Gasteiger partial charge >= 0.3 is 0 Å². The SMILES string of the molecule is NS(=O)(=O)c1ccc(CCN=Cc2cccc(Br)c2O)cc1. The maximum absolute atomic E-state index is 11.1. The van der Waals surface area contributed by atoms with Crippen molar-refractivity contribution in [2.45, 2.75) is 11.3 Å². The first-order valence-corrected chi connectivity index (χ1v) is 8.81. The van der Waals surface area contributed by atoms with Crippen LogP contribution < -0.4 is 5.14 Å². The lowest BCUT2D eigenvalue weighted by Gasteiger charge is -2.02. The first kappa shape index (κ1) is 16.7. The quantitative estimate of drug-likeness (QED) is 0.777. The van der Waals surface area contributed by atoms with Crippen LogP contribution in [0.5, 0.6) is 5.75 Å². The van der Waals surface area contributed by atoms with Crippen molar-refractivity contribution in [3.05, 3.63) is 58.1 Å². The lowest BCUT2D eigenvalue weighted by molar-refractivity contribution is 0.471. The van der Waals surface area contributed by atoms with Crippen LogP contribution in [0.25, 0.3) is 0 Å². The van der Waals surface area contributed by atoms with E-state index < -0.39 is 10.0 Å². The highest BCUT2D eigenvalue weighted by Crippen LogP contribution is 2.26. The molecule has 2 aromatic carbocycles. The van der Waals surface area contributed by atoms with E-state index in [4.69, 9.17) is 5.14 Å². The van der Waals surface area contributed by atoms with E-state index in [-0.39, 0.29) is 10.6 Å². The largest absolute Gasteiger partial charge is 0.506 e. The van der Waals surface area contributed by atoms with Gasteiger partial charge in [-0.15, -0.1) is 0 Å². The highest BCUT2D eigenvalue weighted by molar-refractivity contribution is 9.10. The second-order valence-corrected chi connectivity index (χ2v) is 7.07. The third kappa shape index (κ3) is 4.40. The lowest BCUT2D eigenvalue weighted by Crippen LogP contribution is -2.11. The summed E-state index contributed by atoms with van der Waals surface area (Å²) in [5.41, 5.74) is 1.60. The number of phenolic OH excluding ortho intramolecular Hbond substituents is 1. The van der Waals surface area contributed by atoms with Gasteiger partial charge in [-0.05, 0) is 52.2 Å². The zero-order chi connectivity index (χ0) is 16.2. The molecule has 2 rings (SSSR count). The van der Waals surface area contributed by atoms with E-state index in [0.717, 1.165) is 5.56 Å². The molecule has 3 N–H and O–H groups in total. The first-order chi connectivity index (χ1) is 10.4. The van der Waals surface area contributed by atoms with E-state index in [0.29, 0.717) is 23.0 Å². The summed E-state index contributed by atoms with van der Waals surface area (Å²) < 4.78 is 22.9. The Hall–Kier alpha value is -1.70. The molecule has 0 heterocycles. The number of sulfonamides is 1. The van der Waals surface area contributed by atoms with Crippen LogP contribution in [-0.4, -0.2) is 26.3 Å². The molecule has 0 aliphatic carbocycles. The third-order valence-electron chi connectivity index (χ3n) is 3.03. The molecule has 116 valence electrons. The van der Waals surface area contributed by atoms with Crippen LogP contribution in [0.3, 0.4) is 0 Å². The standard InChI is InChI=1S/C15H15BrN2O3S/c16-14-3-1-2-12(15(14)19)10-18-9-8-11-4-6-13(7-5-11)22(17,20)21/h1-7,10,19H,8-9H2,(H2,17,20,21). The third-order valence-corrected chi connectivity index (χ3v) is 4.60. The summed E-state index contributed by atoms with van der Waals surface area (Å²) in [7, 11) is -3.65. The normalized spacial score (nSPS) is 11.9. The van der Waals surface area contributed by atoms with Crippen LogP contribution >= 0.6 is 15.9 Å². The van der Waals surface area contributed by atoms with E-state index in [1.807, 2.05) is 6.07 Å². The number of benzene rings is 2. The van der Waals surface area contributed by atoms with Gasteiger partial charge in [-0.3, -0.25) is 4.99 Å². The predicted molar refractivity (Wildman–Crippen MR) is 89.8 cm³/mol. The fourth-order valence-corrected chi connectivity index (χ4v) is 2.74. The average Bonchev–Trinajstić information content (AvgIpc) is 2.47. The molecular formula is C15H15BrN2O3S. The second kappa shape index (κ2) is 7.04. The van der Waals surface area contributed by atoms with Crippen molar-refractivity contribution < 1.29 is 13.5 Å². The molecule has 7 heteroatoms. The van der Waals surface area contributed by atoms with E-state index in [1.165, 1.54) is 12.1 Å². The number of halogens is 1. The van der Waals surface area contributed by atoms with Crippen LogP contribution in [0.4, 0.5) is 0 Å². The molecule has 0 aliphatic heterocycles. The molecule has 0 fully saturated rings. The predicted octanol–water partition coefficient (Wildman–Crippen LogP) is 2.46. The molecule has 0 aromatic heterocycles.